The number of nitrogens with zero attached hydrogens (tertiary/aromatic N) is 2. The number of amides is 2. The van der Waals surface area contributed by atoms with E-state index in [1.165, 1.54) is 36.2 Å². The highest BCUT2D eigenvalue weighted by Crippen LogP contribution is 2.19. The molecule has 0 bridgehead atoms. The fraction of sp³-hybridized carbons (Fsp3) is 0.391. The van der Waals surface area contributed by atoms with E-state index >= 15 is 0 Å². The molecule has 0 radical (unpaired) electrons. The van der Waals surface area contributed by atoms with Gasteiger partial charge in [0.15, 0.2) is 0 Å². The number of hydrogen-bond acceptors (Lipinski definition) is 4. The Labute approximate surface area is 209 Å². The van der Waals surface area contributed by atoms with Crippen LogP contribution in [0.15, 0.2) is 57.9 Å². The van der Waals surface area contributed by atoms with Gasteiger partial charge in [-0.15, -0.1) is 0 Å². The SMILES string of the molecule is CCCCNC(=O)[C@H](C)N(Cc1ccc(Br)cc1)C(=O)CN(C)S(=O)(=O)c1ccc(Cl)cc1. The molecule has 2 aromatic rings. The first-order chi connectivity index (χ1) is 15.6. The van der Waals surface area contributed by atoms with E-state index in [0.29, 0.717) is 11.6 Å². The molecule has 0 aliphatic heterocycles. The number of hydrogen-bond donors (Lipinski definition) is 1. The third kappa shape index (κ3) is 7.81. The molecule has 7 nitrogen and oxygen atoms in total. The van der Waals surface area contributed by atoms with Gasteiger partial charge in [-0.05, 0) is 55.3 Å². The van der Waals surface area contributed by atoms with Gasteiger partial charge in [-0.1, -0.05) is 53.0 Å². The number of halogens is 2. The van der Waals surface area contributed by atoms with E-state index in [1.807, 2.05) is 31.2 Å². The van der Waals surface area contributed by atoms with Gasteiger partial charge < -0.3 is 10.2 Å². The summed E-state index contributed by atoms with van der Waals surface area (Å²) in [7, 11) is -2.57. The monoisotopic (exact) mass is 557 g/mol. The second kappa shape index (κ2) is 12.5. The topological polar surface area (TPSA) is 86.8 Å². The van der Waals surface area contributed by atoms with Crippen LogP contribution in [0.2, 0.25) is 5.02 Å². The zero-order valence-electron chi connectivity index (χ0n) is 18.9. The number of carbonyl (C=O) groups excluding carboxylic acids is 2. The Morgan fingerprint density at radius 2 is 1.70 bits per heavy atom. The number of benzene rings is 2. The maximum Gasteiger partial charge on any atom is 0.243 e. The van der Waals surface area contributed by atoms with Gasteiger partial charge >= 0.3 is 0 Å². The molecule has 0 heterocycles. The van der Waals surface area contributed by atoms with Crippen LogP contribution < -0.4 is 5.32 Å². The first-order valence-corrected chi connectivity index (χ1v) is 13.2. The smallest absolute Gasteiger partial charge is 0.243 e. The van der Waals surface area contributed by atoms with E-state index in [4.69, 9.17) is 11.6 Å². The minimum atomic E-state index is -3.91. The molecule has 0 aliphatic carbocycles. The molecule has 2 aromatic carbocycles. The number of sulfonamides is 1. The summed E-state index contributed by atoms with van der Waals surface area (Å²) in [5.74, 6) is -0.756. The average Bonchev–Trinajstić information content (AvgIpc) is 2.78. The van der Waals surface area contributed by atoms with Crippen LogP contribution in [0.4, 0.5) is 0 Å². The zero-order valence-corrected chi connectivity index (χ0v) is 22.1. The molecular formula is C23H29BrClN3O4S. The number of unbranched alkanes of at least 4 members (excludes halogenated alkanes) is 1. The molecule has 2 rings (SSSR count). The van der Waals surface area contributed by atoms with E-state index in [0.717, 1.165) is 27.2 Å². The summed E-state index contributed by atoms with van der Waals surface area (Å²) in [6.45, 7) is 3.95. The highest BCUT2D eigenvalue weighted by Gasteiger charge is 2.30. The number of nitrogens with one attached hydrogen (secondary N) is 1. The molecule has 10 heteroatoms. The lowest BCUT2D eigenvalue weighted by Crippen LogP contribution is -2.50. The van der Waals surface area contributed by atoms with Crippen molar-refractivity contribution in [2.45, 2.75) is 44.2 Å². The molecule has 1 N–H and O–H groups in total. The van der Waals surface area contributed by atoms with Crippen molar-refractivity contribution in [2.75, 3.05) is 20.1 Å². The molecule has 1 atom stereocenters. The molecule has 180 valence electrons. The van der Waals surface area contributed by atoms with Crippen molar-refractivity contribution in [1.29, 1.82) is 0 Å². The van der Waals surface area contributed by atoms with Gasteiger partial charge in [-0.2, -0.15) is 4.31 Å². The summed E-state index contributed by atoms with van der Waals surface area (Å²) >= 11 is 9.24. The lowest BCUT2D eigenvalue weighted by molar-refractivity contribution is -0.140. The van der Waals surface area contributed by atoms with Gasteiger partial charge in [0.2, 0.25) is 21.8 Å². The minimum absolute atomic E-state index is 0.0343. The molecule has 0 unspecified atom stereocenters. The van der Waals surface area contributed by atoms with Crippen molar-refractivity contribution < 1.29 is 18.0 Å². The highest BCUT2D eigenvalue weighted by molar-refractivity contribution is 9.10. The van der Waals surface area contributed by atoms with Crippen molar-refractivity contribution >= 4 is 49.4 Å². The van der Waals surface area contributed by atoms with E-state index in [1.54, 1.807) is 6.92 Å². The molecule has 0 fully saturated rings. The fourth-order valence-electron chi connectivity index (χ4n) is 3.06. The predicted molar refractivity (Wildman–Crippen MR) is 133 cm³/mol. The summed E-state index contributed by atoms with van der Waals surface area (Å²) < 4.78 is 27.7. The predicted octanol–water partition coefficient (Wildman–Crippen LogP) is 4.06. The summed E-state index contributed by atoms with van der Waals surface area (Å²) in [5, 5.41) is 3.26. The van der Waals surface area contributed by atoms with Crippen LogP contribution >= 0.6 is 27.5 Å². The van der Waals surface area contributed by atoms with Gasteiger partial charge in [0.05, 0.1) is 11.4 Å². The average molecular weight is 559 g/mol. The van der Waals surface area contributed by atoms with Gasteiger partial charge in [-0.25, -0.2) is 8.42 Å². The Morgan fingerprint density at radius 1 is 1.09 bits per heavy atom. The third-order valence-corrected chi connectivity index (χ3v) is 7.74. The van der Waals surface area contributed by atoms with Crippen molar-refractivity contribution in [3.63, 3.8) is 0 Å². The molecule has 0 saturated carbocycles. The lowest BCUT2D eigenvalue weighted by Gasteiger charge is -2.30. The second-order valence-corrected chi connectivity index (χ2v) is 11.1. The normalized spacial score (nSPS) is 12.4. The molecule has 0 spiro atoms. The van der Waals surface area contributed by atoms with Crippen molar-refractivity contribution in [3.8, 4) is 0 Å². The quantitative estimate of drug-likeness (QED) is 0.422. The first-order valence-electron chi connectivity index (χ1n) is 10.6. The highest BCUT2D eigenvalue weighted by atomic mass is 79.9. The van der Waals surface area contributed by atoms with Gasteiger partial charge in [0, 0.05) is 29.6 Å². The summed E-state index contributed by atoms with van der Waals surface area (Å²) in [6, 6.07) is 12.4. The van der Waals surface area contributed by atoms with Gasteiger partial charge in [0.1, 0.15) is 6.04 Å². The standard InChI is InChI=1S/C23H29BrClN3O4S/c1-4-5-14-26-23(30)17(2)28(15-18-6-8-19(24)9-7-18)22(29)16-27(3)33(31,32)21-12-10-20(25)11-13-21/h6-13,17H,4-5,14-16H2,1-3H3,(H,26,30)/t17-/m0/s1. The molecule has 33 heavy (non-hydrogen) atoms. The number of likely N-dealkylation sites (N-methyl/N-ethyl adjacent to an activating group) is 1. The summed E-state index contributed by atoms with van der Waals surface area (Å²) in [5.41, 5.74) is 0.822. The van der Waals surface area contributed by atoms with Gasteiger partial charge in [0.25, 0.3) is 0 Å². The molecule has 0 aliphatic rings. The Kier molecular flexibility index (Phi) is 10.3. The molecule has 0 saturated heterocycles. The van der Waals surface area contributed by atoms with Crippen LogP contribution in [0, 0.1) is 0 Å². The Bertz CT molecular complexity index is 1050. The van der Waals surface area contributed by atoms with E-state index in [9.17, 15) is 18.0 Å². The first kappa shape index (κ1) is 27.3. The molecule has 2 amide bonds. The minimum Gasteiger partial charge on any atom is -0.354 e. The van der Waals surface area contributed by atoms with Crippen LogP contribution in [-0.4, -0.2) is 55.6 Å². The molecular weight excluding hydrogens is 530 g/mol. The number of rotatable bonds is 11. The largest absolute Gasteiger partial charge is 0.354 e. The van der Waals surface area contributed by atoms with Crippen LogP contribution in [0.5, 0.6) is 0 Å². The van der Waals surface area contributed by atoms with Crippen LogP contribution in [0.25, 0.3) is 0 Å². The second-order valence-electron chi connectivity index (χ2n) is 7.68. The lowest BCUT2D eigenvalue weighted by atomic mass is 10.1. The Balaban J connectivity index is 2.22. The third-order valence-electron chi connectivity index (χ3n) is 5.14. The molecule has 0 aromatic heterocycles. The number of carbonyl (C=O) groups is 2. The van der Waals surface area contributed by atoms with Crippen LogP contribution in [0.3, 0.4) is 0 Å². The van der Waals surface area contributed by atoms with Crippen molar-refractivity contribution in [1.82, 2.24) is 14.5 Å². The van der Waals surface area contributed by atoms with E-state index in [2.05, 4.69) is 21.2 Å². The van der Waals surface area contributed by atoms with E-state index < -0.39 is 28.5 Å². The maximum atomic E-state index is 13.2. The van der Waals surface area contributed by atoms with Gasteiger partial charge in [-0.3, -0.25) is 9.59 Å². The zero-order chi connectivity index (χ0) is 24.6. The summed E-state index contributed by atoms with van der Waals surface area (Å²) in [4.78, 5) is 27.4. The van der Waals surface area contributed by atoms with Crippen LogP contribution in [0.1, 0.15) is 32.3 Å². The Hall–Kier alpha value is -1.94. The van der Waals surface area contributed by atoms with E-state index in [-0.39, 0.29) is 17.3 Å². The maximum absolute atomic E-state index is 13.2. The fourth-order valence-corrected chi connectivity index (χ4v) is 4.57. The Morgan fingerprint density at radius 3 is 2.27 bits per heavy atom. The van der Waals surface area contributed by atoms with Crippen molar-refractivity contribution in [2.24, 2.45) is 0 Å². The van der Waals surface area contributed by atoms with Crippen molar-refractivity contribution in [3.05, 3.63) is 63.6 Å². The summed E-state index contributed by atoms with van der Waals surface area (Å²) in [6.07, 6.45) is 1.77. The van der Waals surface area contributed by atoms with Crippen LogP contribution in [-0.2, 0) is 26.2 Å².